The zero-order valence-corrected chi connectivity index (χ0v) is 20.8. The number of halogens is 1. The van der Waals surface area contributed by atoms with Gasteiger partial charge in [-0.3, -0.25) is 4.79 Å². The fourth-order valence-corrected chi connectivity index (χ4v) is 3.96. The second-order valence-corrected chi connectivity index (χ2v) is 7.99. The van der Waals surface area contributed by atoms with Crippen molar-refractivity contribution in [2.24, 2.45) is 16.8 Å². The van der Waals surface area contributed by atoms with Crippen molar-refractivity contribution in [3.05, 3.63) is 23.9 Å². The number of carbonyl (C=O) groups excluding carboxylic acids is 1. The molecule has 0 amide bonds. The smallest absolute Gasteiger partial charge is 0.310 e. The summed E-state index contributed by atoms with van der Waals surface area (Å²) < 4.78 is 4.96. The number of carbonyl (C=O) groups is 1. The number of methoxy groups -OCH3 is 1. The molecule has 8 nitrogen and oxygen atoms in total. The largest absolute Gasteiger partial charge is 0.469 e. The summed E-state index contributed by atoms with van der Waals surface area (Å²) in [6.07, 6.45) is 1.87. The Bertz CT molecular complexity index is 723. The molecule has 2 saturated heterocycles. The Morgan fingerprint density at radius 2 is 2.03 bits per heavy atom. The lowest BCUT2D eigenvalue weighted by atomic mass is 9.99. The highest BCUT2D eigenvalue weighted by molar-refractivity contribution is 14.0. The van der Waals surface area contributed by atoms with E-state index in [-0.39, 0.29) is 41.8 Å². The van der Waals surface area contributed by atoms with Gasteiger partial charge in [-0.2, -0.15) is 0 Å². The number of aliphatic imine (C=N–C) groups is 1. The molecule has 2 atom stereocenters. The van der Waals surface area contributed by atoms with Gasteiger partial charge in [0, 0.05) is 52.0 Å². The van der Waals surface area contributed by atoms with Crippen LogP contribution in [-0.2, 0) is 16.1 Å². The first-order chi connectivity index (χ1) is 14.0. The molecule has 2 fully saturated rings. The number of piperazine rings is 1. The minimum Gasteiger partial charge on any atom is -0.469 e. The second-order valence-electron chi connectivity index (χ2n) is 7.99. The minimum atomic E-state index is -0.137. The van der Waals surface area contributed by atoms with E-state index in [4.69, 9.17) is 9.73 Å². The number of anilines is 1. The van der Waals surface area contributed by atoms with Crippen molar-refractivity contribution in [1.29, 1.82) is 0 Å². The number of hydrogen-bond acceptors (Lipinski definition) is 6. The first kappa shape index (κ1) is 24.6. The number of likely N-dealkylation sites (tertiary alicyclic amines) is 1. The Morgan fingerprint density at radius 3 is 2.70 bits per heavy atom. The number of nitrogens with zero attached hydrogens (tertiary/aromatic N) is 5. The van der Waals surface area contributed by atoms with Gasteiger partial charge < -0.3 is 24.8 Å². The average Bonchev–Trinajstić information content (AvgIpc) is 3.12. The highest BCUT2D eigenvalue weighted by atomic mass is 127. The molecule has 0 radical (unpaired) electrons. The lowest BCUT2D eigenvalue weighted by molar-refractivity contribution is -0.145. The lowest BCUT2D eigenvalue weighted by Gasteiger charge is -2.33. The summed E-state index contributed by atoms with van der Waals surface area (Å²) in [7, 11) is 3.61. The highest BCUT2D eigenvalue weighted by Crippen LogP contribution is 2.24. The molecule has 1 aromatic heterocycles. The molecule has 168 valence electrons. The van der Waals surface area contributed by atoms with Crippen LogP contribution in [0.1, 0.15) is 19.4 Å². The van der Waals surface area contributed by atoms with Gasteiger partial charge in [0.05, 0.1) is 19.6 Å². The first-order valence-corrected chi connectivity index (χ1v) is 10.5. The van der Waals surface area contributed by atoms with Crippen molar-refractivity contribution >= 4 is 41.7 Å². The molecular weight excluding hydrogens is 495 g/mol. The number of likely N-dealkylation sites (N-methyl/N-ethyl adjacent to an activating group) is 1. The van der Waals surface area contributed by atoms with Crippen molar-refractivity contribution in [3.8, 4) is 0 Å². The van der Waals surface area contributed by atoms with Gasteiger partial charge in [-0.1, -0.05) is 6.92 Å². The number of rotatable bonds is 5. The molecule has 0 spiro atoms. The molecule has 0 bridgehead atoms. The third-order valence-electron chi connectivity index (χ3n) is 5.80. The maximum absolute atomic E-state index is 12.0. The van der Waals surface area contributed by atoms with Gasteiger partial charge in [0.15, 0.2) is 5.96 Å². The summed E-state index contributed by atoms with van der Waals surface area (Å²) in [5.41, 5.74) is 1.14. The monoisotopic (exact) mass is 530 g/mol. The summed E-state index contributed by atoms with van der Waals surface area (Å²) in [6, 6.07) is 4.17. The molecule has 0 aromatic carbocycles. The standard InChI is InChI=1S/C21H34N6O2.HI/c1-5-22-21(27-14-16(2)18(15-27)20(28)29-4)24-13-17-6-7-23-19(12-17)26-10-8-25(3)9-11-26;/h6-7,12,16,18H,5,8-11,13-15H2,1-4H3,(H,22,24);1H. The molecule has 9 heteroatoms. The summed E-state index contributed by atoms with van der Waals surface area (Å²) in [4.78, 5) is 28.3. The summed E-state index contributed by atoms with van der Waals surface area (Å²) in [6.45, 7) is 11.1. The van der Waals surface area contributed by atoms with E-state index in [1.54, 1.807) is 0 Å². The van der Waals surface area contributed by atoms with Crippen molar-refractivity contribution in [2.45, 2.75) is 20.4 Å². The number of pyridine rings is 1. The van der Waals surface area contributed by atoms with Crippen LogP contribution in [0.5, 0.6) is 0 Å². The molecule has 2 aliphatic heterocycles. The van der Waals surface area contributed by atoms with Gasteiger partial charge in [0.25, 0.3) is 0 Å². The Morgan fingerprint density at radius 1 is 1.30 bits per heavy atom. The van der Waals surface area contributed by atoms with Gasteiger partial charge in [-0.15, -0.1) is 24.0 Å². The van der Waals surface area contributed by atoms with Crippen LogP contribution in [0.4, 0.5) is 5.82 Å². The molecule has 0 aliphatic carbocycles. The van der Waals surface area contributed by atoms with Gasteiger partial charge >= 0.3 is 5.97 Å². The third-order valence-corrected chi connectivity index (χ3v) is 5.80. The minimum absolute atomic E-state index is 0. The van der Waals surface area contributed by atoms with Gasteiger partial charge in [-0.25, -0.2) is 9.98 Å². The molecule has 3 rings (SSSR count). The van der Waals surface area contributed by atoms with E-state index < -0.39 is 0 Å². The zero-order chi connectivity index (χ0) is 20.8. The molecule has 1 N–H and O–H groups in total. The van der Waals surface area contributed by atoms with E-state index >= 15 is 0 Å². The summed E-state index contributed by atoms with van der Waals surface area (Å²) in [5, 5.41) is 3.37. The Hall–Kier alpha value is -1.62. The highest BCUT2D eigenvalue weighted by Gasteiger charge is 2.36. The molecule has 30 heavy (non-hydrogen) atoms. The van der Waals surface area contributed by atoms with Gasteiger partial charge in [0.1, 0.15) is 5.82 Å². The topological polar surface area (TPSA) is 73.3 Å². The molecule has 2 unspecified atom stereocenters. The maximum Gasteiger partial charge on any atom is 0.310 e. The Labute approximate surface area is 197 Å². The Kier molecular flexibility index (Phi) is 9.60. The van der Waals surface area contributed by atoms with Crippen LogP contribution in [0.3, 0.4) is 0 Å². The predicted molar refractivity (Wildman–Crippen MR) is 130 cm³/mol. The lowest BCUT2D eigenvalue weighted by Crippen LogP contribution is -2.44. The average molecular weight is 530 g/mol. The number of ether oxygens (including phenoxy) is 1. The van der Waals surface area contributed by atoms with E-state index in [0.717, 1.165) is 56.6 Å². The van der Waals surface area contributed by atoms with E-state index in [9.17, 15) is 4.79 Å². The van der Waals surface area contributed by atoms with E-state index in [0.29, 0.717) is 13.1 Å². The van der Waals surface area contributed by atoms with Crippen LogP contribution in [0.25, 0.3) is 0 Å². The number of guanidine groups is 1. The fourth-order valence-electron chi connectivity index (χ4n) is 3.96. The van der Waals surface area contributed by atoms with Gasteiger partial charge in [-0.05, 0) is 37.6 Å². The fraction of sp³-hybridized carbons (Fsp3) is 0.667. The van der Waals surface area contributed by atoms with Crippen molar-refractivity contribution in [1.82, 2.24) is 20.1 Å². The number of aromatic nitrogens is 1. The van der Waals surface area contributed by atoms with Crippen LogP contribution in [-0.4, -0.2) is 86.7 Å². The molecule has 1 aromatic rings. The SMILES string of the molecule is CCNC(=NCc1ccnc(N2CCN(C)CC2)c1)N1CC(C)C(C(=O)OC)C1.I. The van der Waals surface area contributed by atoms with Crippen LogP contribution in [0.15, 0.2) is 23.3 Å². The van der Waals surface area contributed by atoms with Crippen LogP contribution >= 0.6 is 24.0 Å². The van der Waals surface area contributed by atoms with Crippen LogP contribution in [0.2, 0.25) is 0 Å². The number of hydrogen-bond donors (Lipinski definition) is 1. The number of esters is 1. The van der Waals surface area contributed by atoms with E-state index in [2.05, 4.69) is 52.0 Å². The van der Waals surface area contributed by atoms with E-state index in [1.165, 1.54) is 7.11 Å². The molecule has 0 saturated carbocycles. The quantitative estimate of drug-likeness (QED) is 0.269. The molecule has 2 aliphatic rings. The van der Waals surface area contributed by atoms with E-state index in [1.807, 2.05) is 12.3 Å². The zero-order valence-electron chi connectivity index (χ0n) is 18.5. The summed E-state index contributed by atoms with van der Waals surface area (Å²) in [5.74, 6) is 1.88. The Balaban J connectivity index is 0.00000320. The van der Waals surface area contributed by atoms with Gasteiger partial charge in [0.2, 0.25) is 0 Å². The van der Waals surface area contributed by atoms with Crippen molar-refractivity contribution in [2.75, 3.05) is 64.9 Å². The number of nitrogens with one attached hydrogen (secondary N) is 1. The van der Waals surface area contributed by atoms with Crippen molar-refractivity contribution in [3.63, 3.8) is 0 Å². The predicted octanol–water partition coefficient (Wildman–Crippen LogP) is 1.66. The second kappa shape index (κ2) is 11.7. The summed E-state index contributed by atoms with van der Waals surface area (Å²) >= 11 is 0. The molecular formula is C21H35IN6O2. The maximum atomic E-state index is 12.0. The third kappa shape index (κ3) is 6.19. The first-order valence-electron chi connectivity index (χ1n) is 10.5. The van der Waals surface area contributed by atoms with Crippen LogP contribution < -0.4 is 10.2 Å². The normalized spacial score (nSPS) is 22.6. The van der Waals surface area contributed by atoms with Crippen molar-refractivity contribution < 1.29 is 9.53 Å². The molecule has 3 heterocycles. The van der Waals surface area contributed by atoms with Crippen LogP contribution in [0, 0.1) is 11.8 Å².